The molecule has 0 bridgehead atoms. The Morgan fingerprint density at radius 3 is 2.75 bits per heavy atom. The molecule has 0 amide bonds. The summed E-state index contributed by atoms with van der Waals surface area (Å²) in [4.78, 5) is 4.66. The predicted molar refractivity (Wildman–Crippen MR) is 131 cm³/mol. The van der Waals surface area contributed by atoms with Crippen LogP contribution in [0.4, 0.5) is 0 Å². The van der Waals surface area contributed by atoms with E-state index in [0.717, 1.165) is 55.6 Å². The quantitative estimate of drug-likeness (QED) is 0.198. The number of rotatable bonds is 10. The molecule has 0 aliphatic rings. The van der Waals surface area contributed by atoms with E-state index in [9.17, 15) is 0 Å². The molecular formula is C18H27Cl2IN6S. The van der Waals surface area contributed by atoms with Crippen molar-refractivity contribution in [1.82, 2.24) is 25.4 Å². The Hall–Kier alpha value is -0.710. The highest BCUT2D eigenvalue weighted by molar-refractivity contribution is 14.0. The first-order chi connectivity index (χ1) is 13.1. The van der Waals surface area contributed by atoms with Crippen LogP contribution in [0.1, 0.15) is 24.7 Å². The van der Waals surface area contributed by atoms with Crippen molar-refractivity contribution in [3.63, 3.8) is 0 Å². The Labute approximate surface area is 198 Å². The molecule has 1 aromatic heterocycles. The van der Waals surface area contributed by atoms with Crippen molar-refractivity contribution in [3.8, 4) is 0 Å². The maximum absolute atomic E-state index is 6.25. The van der Waals surface area contributed by atoms with Crippen LogP contribution in [0.5, 0.6) is 0 Å². The van der Waals surface area contributed by atoms with E-state index in [2.05, 4.69) is 43.6 Å². The van der Waals surface area contributed by atoms with Crippen molar-refractivity contribution in [1.29, 1.82) is 0 Å². The Balaban J connectivity index is 0.00000392. The summed E-state index contributed by atoms with van der Waals surface area (Å²) in [6.07, 6.45) is 5.81. The second-order valence-corrected chi connectivity index (χ2v) is 7.72. The lowest BCUT2D eigenvalue weighted by molar-refractivity contribution is 0.631. The number of guanidine groups is 1. The molecule has 2 N–H and O–H groups in total. The molecule has 10 heteroatoms. The van der Waals surface area contributed by atoms with Gasteiger partial charge in [0.1, 0.15) is 12.2 Å². The lowest BCUT2D eigenvalue weighted by Crippen LogP contribution is -2.39. The van der Waals surface area contributed by atoms with Gasteiger partial charge in [0.15, 0.2) is 5.96 Å². The number of hydrogen-bond acceptors (Lipinski definition) is 4. The van der Waals surface area contributed by atoms with Gasteiger partial charge in [-0.1, -0.05) is 36.2 Å². The summed E-state index contributed by atoms with van der Waals surface area (Å²) in [6, 6.07) is 5.48. The molecule has 1 aromatic carbocycles. The smallest absolute Gasteiger partial charge is 0.191 e. The van der Waals surface area contributed by atoms with Crippen molar-refractivity contribution < 1.29 is 0 Å². The third-order valence-electron chi connectivity index (χ3n) is 3.90. The largest absolute Gasteiger partial charge is 0.356 e. The number of aryl methyl sites for hydroxylation is 1. The molecule has 156 valence electrons. The zero-order valence-electron chi connectivity index (χ0n) is 16.1. The second kappa shape index (κ2) is 14.3. The fourth-order valence-corrected chi connectivity index (χ4v) is 3.35. The zero-order valence-corrected chi connectivity index (χ0v) is 20.8. The van der Waals surface area contributed by atoms with Crippen molar-refractivity contribution in [2.24, 2.45) is 4.99 Å². The normalized spacial score (nSPS) is 11.2. The number of thioether (sulfide) groups is 1. The third-order valence-corrected chi connectivity index (χ3v) is 5.18. The minimum atomic E-state index is 0. The molecule has 2 aromatic rings. The fraction of sp³-hybridized carbons (Fsp3) is 0.500. The molecule has 0 saturated carbocycles. The van der Waals surface area contributed by atoms with E-state index in [-0.39, 0.29) is 24.0 Å². The van der Waals surface area contributed by atoms with Gasteiger partial charge in [-0.2, -0.15) is 11.8 Å². The zero-order chi connectivity index (χ0) is 19.5. The van der Waals surface area contributed by atoms with Gasteiger partial charge in [0.2, 0.25) is 0 Å². The first kappa shape index (κ1) is 25.3. The number of aromatic nitrogens is 3. The Bertz CT molecular complexity index is 741. The van der Waals surface area contributed by atoms with Crippen LogP contribution in [-0.4, -0.2) is 45.8 Å². The van der Waals surface area contributed by atoms with Gasteiger partial charge in [0.05, 0.1) is 6.54 Å². The molecule has 0 aliphatic carbocycles. The molecule has 2 rings (SSSR count). The van der Waals surface area contributed by atoms with Crippen LogP contribution in [0.2, 0.25) is 10.0 Å². The number of halogens is 3. The van der Waals surface area contributed by atoms with Crippen LogP contribution in [0.3, 0.4) is 0 Å². The molecule has 0 unspecified atom stereocenters. The van der Waals surface area contributed by atoms with E-state index >= 15 is 0 Å². The molecule has 1 heterocycles. The van der Waals surface area contributed by atoms with Gasteiger partial charge in [0, 0.05) is 36.1 Å². The minimum Gasteiger partial charge on any atom is -0.356 e. The average Bonchev–Trinajstić information content (AvgIpc) is 3.11. The van der Waals surface area contributed by atoms with Crippen LogP contribution in [0.15, 0.2) is 29.5 Å². The van der Waals surface area contributed by atoms with Crippen LogP contribution in [-0.2, 0) is 19.5 Å². The average molecular weight is 557 g/mol. The van der Waals surface area contributed by atoms with Gasteiger partial charge < -0.3 is 15.2 Å². The highest BCUT2D eigenvalue weighted by Crippen LogP contribution is 2.21. The first-order valence-corrected chi connectivity index (χ1v) is 11.1. The molecule has 0 radical (unpaired) electrons. The number of hydrogen-bond donors (Lipinski definition) is 2. The summed E-state index contributed by atoms with van der Waals surface area (Å²) in [5.74, 6) is 2.87. The molecule has 0 atom stereocenters. The Morgan fingerprint density at radius 2 is 2.04 bits per heavy atom. The maximum Gasteiger partial charge on any atom is 0.191 e. The van der Waals surface area contributed by atoms with Crippen LogP contribution in [0.25, 0.3) is 0 Å². The molecule has 0 saturated heterocycles. The summed E-state index contributed by atoms with van der Waals surface area (Å²) in [5.41, 5.74) is 0.943. The number of aliphatic imine (C=N–C) groups is 1. The van der Waals surface area contributed by atoms with E-state index in [0.29, 0.717) is 16.6 Å². The highest BCUT2D eigenvalue weighted by Gasteiger charge is 2.04. The maximum atomic E-state index is 6.25. The molecule has 0 fully saturated rings. The minimum absolute atomic E-state index is 0. The summed E-state index contributed by atoms with van der Waals surface area (Å²) >= 11 is 14.0. The number of nitrogens with one attached hydrogen (secondary N) is 2. The van der Waals surface area contributed by atoms with Gasteiger partial charge >= 0.3 is 0 Å². The van der Waals surface area contributed by atoms with E-state index in [1.807, 2.05) is 23.9 Å². The molecule has 0 spiro atoms. The summed E-state index contributed by atoms with van der Waals surface area (Å²) in [5, 5.41) is 16.1. The Kier molecular flexibility index (Phi) is 12.9. The van der Waals surface area contributed by atoms with Gasteiger partial charge in [-0.25, -0.2) is 4.99 Å². The standard InChI is InChI=1S/C18H26Cl2N6S.HI/c1-3-17-25-24-13-26(17)9-8-22-18(21-7-4-10-27-2)23-12-14-5-6-15(19)11-16(14)20;/h5-6,11,13H,3-4,7-10,12H2,1-2H3,(H2,21,22,23);1H. The number of nitrogens with zero attached hydrogens (tertiary/aromatic N) is 4. The number of benzene rings is 1. The summed E-state index contributed by atoms with van der Waals surface area (Å²) in [7, 11) is 0. The van der Waals surface area contributed by atoms with Crippen molar-refractivity contribution in [3.05, 3.63) is 46.0 Å². The van der Waals surface area contributed by atoms with Crippen LogP contribution >= 0.6 is 58.9 Å². The van der Waals surface area contributed by atoms with Gasteiger partial charge in [-0.05, 0) is 36.1 Å². The monoisotopic (exact) mass is 556 g/mol. The Morgan fingerprint density at radius 1 is 1.25 bits per heavy atom. The topological polar surface area (TPSA) is 67.1 Å². The lowest BCUT2D eigenvalue weighted by atomic mass is 10.2. The third kappa shape index (κ3) is 8.75. The molecular weight excluding hydrogens is 530 g/mol. The van der Waals surface area contributed by atoms with Gasteiger partial charge in [-0.15, -0.1) is 34.2 Å². The van der Waals surface area contributed by atoms with Crippen LogP contribution in [0, 0.1) is 0 Å². The van der Waals surface area contributed by atoms with E-state index < -0.39 is 0 Å². The van der Waals surface area contributed by atoms with Gasteiger partial charge in [0.25, 0.3) is 0 Å². The van der Waals surface area contributed by atoms with Crippen molar-refractivity contribution >= 4 is 64.9 Å². The molecule has 28 heavy (non-hydrogen) atoms. The predicted octanol–water partition coefficient (Wildman–Crippen LogP) is 4.25. The SMILES string of the molecule is CCc1nncn1CCNC(=NCc1ccc(Cl)cc1Cl)NCCCSC.I. The lowest BCUT2D eigenvalue weighted by Gasteiger charge is -2.13. The summed E-state index contributed by atoms with van der Waals surface area (Å²) in [6.45, 7) is 4.94. The van der Waals surface area contributed by atoms with E-state index in [1.165, 1.54) is 0 Å². The van der Waals surface area contributed by atoms with E-state index in [1.54, 1.807) is 12.4 Å². The molecule has 0 aliphatic heterocycles. The second-order valence-electron chi connectivity index (χ2n) is 5.89. The van der Waals surface area contributed by atoms with Gasteiger partial charge in [-0.3, -0.25) is 0 Å². The summed E-state index contributed by atoms with van der Waals surface area (Å²) < 4.78 is 2.05. The fourth-order valence-electron chi connectivity index (χ4n) is 2.45. The van der Waals surface area contributed by atoms with Crippen LogP contribution < -0.4 is 10.6 Å². The molecule has 6 nitrogen and oxygen atoms in total. The van der Waals surface area contributed by atoms with Crippen molar-refractivity contribution in [2.45, 2.75) is 32.9 Å². The first-order valence-electron chi connectivity index (χ1n) is 8.95. The van der Waals surface area contributed by atoms with E-state index in [4.69, 9.17) is 23.2 Å². The van der Waals surface area contributed by atoms with Crippen molar-refractivity contribution in [2.75, 3.05) is 25.1 Å². The highest BCUT2D eigenvalue weighted by atomic mass is 127.